The van der Waals surface area contributed by atoms with E-state index in [0.29, 0.717) is 0 Å². The average Bonchev–Trinajstić information content (AvgIpc) is 2.32. The molecule has 0 aliphatic rings. The summed E-state index contributed by atoms with van der Waals surface area (Å²) < 4.78 is 6.35. The fourth-order valence-corrected chi connectivity index (χ4v) is 2.24. The van der Waals surface area contributed by atoms with Crippen molar-refractivity contribution in [1.29, 1.82) is 0 Å². The zero-order valence-corrected chi connectivity index (χ0v) is 12.8. The quantitative estimate of drug-likeness (QED) is 0.559. The van der Waals surface area contributed by atoms with Crippen molar-refractivity contribution in [2.75, 3.05) is 12.4 Å². The molecule has 1 nitrogen and oxygen atoms in total. The Labute approximate surface area is 114 Å². The number of allylic oxidation sites excluding steroid dienone is 1. The lowest BCUT2D eigenvalue weighted by molar-refractivity contribution is 0.412. The van der Waals surface area contributed by atoms with E-state index in [0.717, 1.165) is 22.0 Å². The van der Waals surface area contributed by atoms with E-state index in [1.807, 2.05) is 18.2 Å². The van der Waals surface area contributed by atoms with Gasteiger partial charge in [0, 0.05) is 9.80 Å². The lowest BCUT2D eigenvalue weighted by Gasteiger charge is -2.23. The van der Waals surface area contributed by atoms with Crippen molar-refractivity contribution < 1.29 is 4.74 Å². The predicted octanol–water partition coefficient (Wildman–Crippen LogP) is 4.59. The van der Waals surface area contributed by atoms with Crippen molar-refractivity contribution in [2.24, 2.45) is 5.41 Å². The molecular weight excluding hydrogens is 332 g/mol. The molecule has 0 amide bonds. The van der Waals surface area contributed by atoms with Gasteiger partial charge in [-0.25, -0.2) is 0 Å². The second kappa shape index (κ2) is 5.87. The van der Waals surface area contributed by atoms with Crippen LogP contribution in [0, 0.1) is 5.41 Å². The van der Waals surface area contributed by atoms with E-state index in [-0.39, 0.29) is 5.41 Å². The van der Waals surface area contributed by atoms with Crippen LogP contribution in [0.15, 0.2) is 35.3 Å². The third kappa shape index (κ3) is 3.36. The van der Waals surface area contributed by atoms with Gasteiger partial charge in [0.05, 0.1) is 7.11 Å². The van der Waals surface area contributed by atoms with E-state index in [1.165, 1.54) is 5.56 Å². The highest BCUT2D eigenvalue weighted by molar-refractivity contribution is 9.10. The van der Waals surface area contributed by atoms with Crippen molar-refractivity contribution in [3.8, 4) is 5.75 Å². The van der Waals surface area contributed by atoms with Gasteiger partial charge >= 0.3 is 0 Å². The van der Waals surface area contributed by atoms with Gasteiger partial charge in [-0.3, -0.25) is 0 Å². The number of rotatable bonds is 5. The highest BCUT2D eigenvalue weighted by Crippen LogP contribution is 2.31. The van der Waals surface area contributed by atoms with E-state index in [9.17, 15) is 0 Å². The maximum atomic E-state index is 5.23. The molecule has 0 aromatic heterocycles. The van der Waals surface area contributed by atoms with Crippen molar-refractivity contribution in [1.82, 2.24) is 0 Å². The number of halogens is 2. The molecule has 1 rings (SSSR count). The van der Waals surface area contributed by atoms with Gasteiger partial charge in [0.1, 0.15) is 5.75 Å². The Morgan fingerprint density at radius 2 is 2.19 bits per heavy atom. The van der Waals surface area contributed by atoms with Crippen molar-refractivity contribution in [2.45, 2.75) is 13.3 Å². The number of hydrogen-bond acceptors (Lipinski definition) is 1. The molecule has 1 atom stereocenters. The summed E-state index contributed by atoms with van der Waals surface area (Å²) in [4.78, 5) is 0. The summed E-state index contributed by atoms with van der Waals surface area (Å²) >= 11 is 7.10. The van der Waals surface area contributed by atoms with Crippen molar-refractivity contribution in [3.05, 3.63) is 40.9 Å². The summed E-state index contributed by atoms with van der Waals surface area (Å²) in [6, 6.07) is 6.04. The lowest BCUT2D eigenvalue weighted by atomic mass is 9.86. The van der Waals surface area contributed by atoms with Crippen LogP contribution in [0.4, 0.5) is 0 Å². The van der Waals surface area contributed by atoms with Crippen LogP contribution in [0.3, 0.4) is 0 Å². The normalized spacial score (nSPS) is 14.2. The molecule has 0 heterocycles. The van der Waals surface area contributed by atoms with Crippen LogP contribution in [0.1, 0.15) is 12.5 Å². The molecule has 0 bridgehead atoms. The SMILES string of the molecule is C=CC(C)(CBr)Cc1cc(OC)ccc1Br. The van der Waals surface area contributed by atoms with Crippen LogP contribution in [0.25, 0.3) is 0 Å². The Bertz CT molecular complexity index is 376. The van der Waals surface area contributed by atoms with Crippen LogP contribution < -0.4 is 4.74 Å². The molecule has 3 heteroatoms. The van der Waals surface area contributed by atoms with E-state index >= 15 is 0 Å². The maximum absolute atomic E-state index is 5.23. The molecule has 1 aromatic carbocycles. The average molecular weight is 348 g/mol. The minimum atomic E-state index is 0.0644. The molecule has 0 fully saturated rings. The Hall–Kier alpha value is -0.280. The molecule has 0 spiro atoms. The summed E-state index contributed by atoms with van der Waals surface area (Å²) in [5, 5.41) is 0.896. The molecule has 0 N–H and O–H groups in total. The van der Waals surface area contributed by atoms with E-state index in [1.54, 1.807) is 7.11 Å². The second-order valence-corrected chi connectivity index (χ2v) is 5.54. The predicted molar refractivity (Wildman–Crippen MR) is 76.5 cm³/mol. The van der Waals surface area contributed by atoms with E-state index in [2.05, 4.69) is 51.4 Å². The lowest BCUT2D eigenvalue weighted by Crippen LogP contribution is -2.18. The van der Waals surface area contributed by atoms with Crippen LogP contribution in [-0.2, 0) is 6.42 Å². The summed E-state index contributed by atoms with van der Waals surface area (Å²) in [6.45, 7) is 6.08. The number of alkyl halides is 1. The maximum Gasteiger partial charge on any atom is 0.119 e. The minimum Gasteiger partial charge on any atom is -0.497 e. The van der Waals surface area contributed by atoms with Crippen molar-refractivity contribution in [3.63, 3.8) is 0 Å². The van der Waals surface area contributed by atoms with Gasteiger partial charge in [0.15, 0.2) is 0 Å². The fourth-order valence-electron chi connectivity index (χ4n) is 1.42. The highest BCUT2D eigenvalue weighted by Gasteiger charge is 2.20. The number of ether oxygens (including phenoxy) is 1. The largest absolute Gasteiger partial charge is 0.497 e. The number of benzene rings is 1. The Balaban J connectivity index is 2.99. The van der Waals surface area contributed by atoms with Crippen LogP contribution in [0.2, 0.25) is 0 Å². The Kier molecular flexibility index (Phi) is 5.06. The van der Waals surface area contributed by atoms with Crippen molar-refractivity contribution >= 4 is 31.9 Å². The van der Waals surface area contributed by atoms with Gasteiger partial charge < -0.3 is 4.74 Å². The van der Waals surface area contributed by atoms with Gasteiger partial charge in [-0.1, -0.05) is 44.9 Å². The summed E-state index contributed by atoms with van der Waals surface area (Å²) in [5.41, 5.74) is 1.30. The Morgan fingerprint density at radius 1 is 1.50 bits per heavy atom. The number of hydrogen-bond donors (Lipinski definition) is 0. The van der Waals surface area contributed by atoms with Gasteiger partial charge in [-0.05, 0) is 35.6 Å². The standard InChI is InChI=1S/C13H16Br2O/c1-4-13(2,9-14)8-10-7-11(16-3)5-6-12(10)15/h4-7H,1,8-9H2,2-3H3. The summed E-state index contributed by atoms with van der Waals surface area (Å²) in [6.07, 6.45) is 2.92. The molecule has 0 saturated heterocycles. The molecule has 88 valence electrons. The third-order valence-corrected chi connectivity index (χ3v) is 4.70. The van der Waals surface area contributed by atoms with Crippen LogP contribution >= 0.6 is 31.9 Å². The molecule has 1 unspecified atom stereocenters. The van der Waals surface area contributed by atoms with Gasteiger partial charge in [0.2, 0.25) is 0 Å². The van der Waals surface area contributed by atoms with E-state index in [4.69, 9.17) is 4.74 Å². The first-order chi connectivity index (χ1) is 7.54. The van der Waals surface area contributed by atoms with E-state index < -0.39 is 0 Å². The van der Waals surface area contributed by atoms with Crippen LogP contribution in [-0.4, -0.2) is 12.4 Å². The zero-order valence-electron chi connectivity index (χ0n) is 9.59. The van der Waals surface area contributed by atoms with Gasteiger partial charge in [0.25, 0.3) is 0 Å². The zero-order chi connectivity index (χ0) is 12.2. The first-order valence-corrected chi connectivity index (χ1v) is 6.98. The number of methoxy groups -OCH3 is 1. The fraction of sp³-hybridized carbons (Fsp3) is 0.385. The summed E-state index contributed by atoms with van der Waals surface area (Å²) in [5.74, 6) is 0.888. The van der Waals surface area contributed by atoms with Gasteiger partial charge in [-0.15, -0.1) is 6.58 Å². The topological polar surface area (TPSA) is 9.23 Å². The first-order valence-electron chi connectivity index (χ1n) is 5.06. The second-order valence-electron chi connectivity index (χ2n) is 4.13. The molecule has 16 heavy (non-hydrogen) atoms. The molecule has 0 aliphatic heterocycles. The molecule has 1 aromatic rings. The molecule has 0 aliphatic carbocycles. The minimum absolute atomic E-state index is 0.0644. The monoisotopic (exact) mass is 346 g/mol. The molecule has 0 radical (unpaired) electrons. The Morgan fingerprint density at radius 3 is 2.69 bits per heavy atom. The summed E-state index contributed by atoms with van der Waals surface area (Å²) in [7, 11) is 1.68. The third-order valence-electron chi connectivity index (χ3n) is 2.65. The highest BCUT2D eigenvalue weighted by atomic mass is 79.9. The van der Waals surface area contributed by atoms with Gasteiger partial charge in [-0.2, -0.15) is 0 Å². The first kappa shape index (κ1) is 13.8. The molecule has 0 saturated carbocycles. The van der Waals surface area contributed by atoms with Crippen LogP contribution in [0.5, 0.6) is 5.75 Å². The smallest absolute Gasteiger partial charge is 0.119 e. The molecular formula is C13H16Br2O.